The molecule has 6 heteroatoms. The Hall–Kier alpha value is -2.91. The number of terminal acetylenes is 1. The molecule has 130 valence electrons. The number of nitrogens with one attached hydrogen (secondary N) is 2. The summed E-state index contributed by atoms with van der Waals surface area (Å²) in [5, 5.41) is 5.73. The predicted molar refractivity (Wildman–Crippen MR) is 91.2 cm³/mol. The van der Waals surface area contributed by atoms with Crippen LogP contribution in [0.4, 0.5) is 8.78 Å². The Labute approximate surface area is 145 Å². The molecule has 0 aliphatic heterocycles. The molecular formula is C19H18F2N2O2. The number of hydrogen-bond acceptors (Lipinski definition) is 3. The monoisotopic (exact) mass is 344 g/mol. The largest absolute Gasteiger partial charge is 0.435 e. The molecule has 0 unspecified atom stereocenters. The van der Waals surface area contributed by atoms with Crippen LogP contribution in [0.15, 0.2) is 54.6 Å². The fourth-order valence-electron chi connectivity index (χ4n) is 2.32. The van der Waals surface area contributed by atoms with Gasteiger partial charge in [0.05, 0.1) is 19.1 Å². The van der Waals surface area contributed by atoms with Crippen LogP contribution < -0.4 is 15.4 Å². The van der Waals surface area contributed by atoms with E-state index in [-0.39, 0.29) is 30.8 Å². The fourth-order valence-corrected chi connectivity index (χ4v) is 2.32. The maximum Gasteiger partial charge on any atom is 0.387 e. The van der Waals surface area contributed by atoms with Crippen LogP contribution in [0, 0.1) is 12.3 Å². The molecule has 0 saturated carbocycles. The number of hydrogen-bond donors (Lipinski definition) is 2. The third kappa shape index (κ3) is 5.90. The molecule has 4 nitrogen and oxygen atoms in total. The topological polar surface area (TPSA) is 50.4 Å². The van der Waals surface area contributed by atoms with Gasteiger partial charge in [-0.15, -0.1) is 6.42 Å². The van der Waals surface area contributed by atoms with Crippen LogP contribution in [-0.2, 0) is 4.79 Å². The normalized spacial score (nSPS) is 11.6. The van der Waals surface area contributed by atoms with E-state index >= 15 is 0 Å². The smallest absolute Gasteiger partial charge is 0.387 e. The SMILES string of the molecule is C#CCNC(=O)CN[C@@H](c1ccccc1)c1ccc(OC(F)F)cc1. The highest BCUT2D eigenvalue weighted by Gasteiger charge is 2.15. The minimum atomic E-state index is -2.87. The number of alkyl halides is 2. The molecule has 0 aliphatic carbocycles. The molecule has 0 saturated heterocycles. The van der Waals surface area contributed by atoms with Crippen LogP contribution in [0.5, 0.6) is 5.75 Å². The highest BCUT2D eigenvalue weighted by atomic mass is 19.3. The fraction of sp³-hybridized carbons (Fsp3) is 0.211. The molecule has 1 amide bonds. The summed E-state index contributed by atoms with van der Waals surface area (Å²) in [5.74, 6) is 2.19. The van der Waals surface area contributed by atoms with Gasteiger partial charge in [-0.2, -0.15) is 8.78 Å². The van der Waals surface area contributed by atoms with E-state index in [1.54, 1.807) is 12.1 Å². The van der Waals surface area contributed by atoms with E-state index < -0.39 is 6.61 Å². The van der Waals surface area contributed by atoms with E-state index in [9.17, 15) is 13.6 Å². The Bertz CT molecular complexity index is 712. The first-order valence-corrected chi connectivity index (χ1v) is 7.63. The first-order chi connectivity index (χ1) is 12.1. The van der Waals surface area contributed by atoms with Gasteiger partial charge < -0.3 is 10.1 Å². The van der Waals surface area contributed by atoms with Crippen molar-refractivity contribution >= 4 is 5.91 Å². The number of rotatable bonds is 8. The molecule has 25 heavy (non-hydrogen) atoms. The molecule has 0 spiro atoms. The van der Waals surface area contributed by atoms with E-state index in [1.807, 2.05) is 30.3 Å². The zero-order chi connectivity index (χ0) is 18.1. The molecule has 0 aromatic heterocycles. The summed E-state index contributed by atoms with van der Waals surface area (Å²) in [5.41, 5.74) is 1.76. The Kier molecular flexibility index (Phi) is 6.93. The van der Waals surface area contributed by atoms with Crippen LogP contribution >= 0.6 is 0 Å². The lowest BCUT2D eigenvalue weighted by atomic mass is 9.98. The van der Waals surface area contributed by atoms with Gasteiger partial charge in [0.15, 0.2) is 0 Å². The number of benzene rings is 2. The van der Waals surface area contributed by atoms with Gasteiger partial charge in [0.25, 0.3) is 0 Å². The van der Waals surface area contributed by atoms with E-state index in [4.69, 9.17) is 6.42 Å². The van der Waals surface area contributed by atoms with Crippen molar-refractivity contribution in [3.8, 4) is 18.1 Å². The van der Waals surface area contributed by atoms with Crippen molar-refractivity contribution in [1.29, 1.82) is 0 Å². The van der Waals surface area contributed by atoms with Crippen molar-refractivity contribution in [3.05, 3.63) is 65.7 Å². The van der Waals surface area contributed by atoms with Gasteiger partial charge in [0, 0.05) is 0 Å². The van der Waals surface area contributed by atoms with E-state index in [1.165, 1.54) is 12.1 Å². The Morgan fingerprint density at radius 3 is 2.32 bits per heavy atom. The zero-order valence-corrected chi connectivity index (χ0v) is 13.4. The molecule has 1 atom stereocenters. The molecule has 2 N–H and O–H groups in total. The van der Waals surface area contributed by atoms with Crippen molar-refractivity contribution in [2.75, 3.05) is 13.1 Å². The molecule has 0 aliphatic rings. The Morgan fingerprint density at radius 1 is 1.08 bits per heavy atom. The molecule has 0 heterocycles. The second kappa shape index (κ2) is 9.40. The van der Waals surface area contributed by atoms with E-state index in [0.29, 0.717) is 0 Å². The highest BCUT2D eigenvalue weighted by molar-refractivity contribution is 5.78. The molecular weight excluding hydrogens is 326 g/mol. The first-order valence-electron chi connectivity index (χ1n) is 7.63. The first kappa shape index (κ1) is 18.4. The lowest BCUT2D eigenvalue weighted by Crippen LogP contribution is -2.36. The summed E-state index contributed by atoms with van der Waals surface area (Å²) in [7, 11) is 0. The lowest BCUT2D eigenvalue weighted by Gasteiger charge is -2.20. The van der Waals surface area contributed by atoms with Gasteiger partial charge in [-0.05, 0) is 23.3 Å². The standard InChI is InChI=1S/C19H18F2N2O2/c1-2-12-22-17(24)13-23-18(14-6-4-3-5-7-14)15-8-10-16(11-9-15)25-19(20)21/h1,3-11,18-19,23H,12-13H2,(H,22,24)/t18-/m0/s1. The maximum absolute atomic E-state index is 12.3. The molecule has 0 radical (unpaired) electrons. The van der Waals surface area contributed by atoms with Gasteiger partial charge in [-0.25, -0.2) is 0 Å². The number of carbonyl (C=O) groups excluding carboxylic acids is 1. The van der Waals surface area contributed by atoms with Crippen LogP contribution in [0.3, 0.4) is 0 Å². The molecule has 2 aromatic rings. The molecule has 2 rings (SSSR count). The lowest BCUT2D eigenvalue weighted by molar-refractivity contribution is -0.120. The number of amides is 1. The van der Waals surface area contributed by atoms with Crippen molar-refractivity contribution < 1.29 is 18.3 Å². The second-order valence-corrected chi connectivity index (χ2v) is 5.15. The number of ether oxygens (including phenoxy) is 1. The average molecular weight is 344 g/mol. The van der Waals surface area contributed by atoms with Gasteiger partial charge in [0.2, 0.25) is 5.91 Å². The van der Waals surface area contributed by atoms with Gasteiger partial charge in [0.1, 0.15) is 5.75 Å². The second-order valence-electron chi connectivity index (χ2n) is 5.15. The summed E-state index contributed by atoms with van der Waals surface area (Å²) in [6, 6.07) is 15.5. The number of halogens is 2. The number of carbonyl (C=O) groups is 1. The molecule has 0 fully saturated rings. The van der Waals surface area contributed by atoms with Gasteiger partial charge in [-0.1, -0.05) is 48.4 Å². The van der Waals surface area contributed by atoms with Crippen LogP contribution in [-0.4, -0.2) is 25.6 Å². The van der Waals surface area contributed by atoms with Crippen molar-refractivity contribution in [2.24, 2.45) is 0 Å². The van der Waals surface area contributed by atoms with Crippen molar-refractivity contribution in [2.45, 2.75) is 12.7 Å². The van der Waals surface area contributed by atoms with Gasteiger partial charge >= 0.3 is 6.61 Å². The molecule has 0 bridgehead atoms. The minimum Gasteiger partial charge on any atom is -0.435 e. The summed E-state index contributed by atoms with van der Waals surface area (Å²) in [6.45, 7) is -2.64. The third-order valence-corrected chi connectivity index (χ3v) is 3.43. The predicted octanol–water partition coefficient (Wildman–Crippen LogP) is 2.72. The van der Waals surface area contributed by atoms with E-state index in [0.717, 1.165) is 11.1 Å². The average Bonchev–Trinajstić information content (AvgIpc) is 2.62. The van der Waals surface area contributed by atoms with Crippen LogP contribution in [0.1, 0.15) is 17.2 Å². The summed E-state index contributed by atoms with van der Waals surface area (Å²) in [4.78, 5) is 11.8. The maximum atomic E-state index is 12.3. The summed E-state index contributed by atoms with van der Waals surface area (Å²) in [6.07, 6.45) is 5.11. The van der Waals surface area contributed by atoms with Gasteiger partial charge in [-0.3, -0.25) is 10.1 Å². The quantitative estimate of drug-likeness (QED) is 0.724. The zero-order valence-electron chi connectivity index (χ0n) is 13.4. The van der Waals surface area contributed by atoms with Crippen LogP contribution in [0.2, 0.25) is 0 Å². The van der Waals surface area contributed by atoms with E-state index in [2.05, 4.69) is 21.3 Å². The van der Waals surface area contributed by atoms with Crippen LogP contribution in [0.25, 0.3) is 0 Å². The Morgan fingerprint density at radius 2 is 1.72 bits per heavy atom. The summed E-state index contributed by atoms with van der Waals surface area (Å²) >= 11 is 0. The minimum absolute atomic E-state index is 0.0660. The summed E-state index contributed by atoms with van der Waals surface area (Å²) < 4.78 is 28.9. The Balaban J connectivity index is 2.14. The van der Waals surface area contributed by atoms with Crippen molar-refractivity contribution in [3.63, 3.8) is 0 Å². The highest BCUT2D eigenvalue weighted by Crippen LogP contribution is 2.24. The molecule has 2 aromatic carbocycles. The third-order valence-electron chi connectivity index (χ3n) is 3.43. The van der Waals surface area contributed by atoms with Crippen molar-refractivity contribution in [1.82, 2.24) is 10.6 Å².